The lowest BCUT2D eigenvalue weighted by atomic mass is 10.1. The third-order valence-electron chi connectivity index (χ3n) is 2.37. The van der Waals surface area contributed by atoms with Gasteiger partial charge in [0.2, 0.25) is 0 Å². The lowest BCUT2D eigenvalue weighted by Gasteiger charge is -2.15. The van der Waals surface area contributed by atoms with E-state index in [2.05, 4.69) is 19.1 Å². The molecule has 0 bridgehead atoms. The second-order valence-corrected chi connectivity index (χ2v) is 3.60. The molecule has 0 radical (unpaired) electrons. The summed E-state index contributed by atoms with van der Waals surface area (Å²) in [5, 5.41) is 9.01. The molecule has 1 aliphatic carbocycles. The Bertz CT molecular complexity index is 331. The zero-order valence-corrected chi connectivity index (χ0v) is 9.36. The molecule has 2 heteroatoms. The SMILES string of the molecule is CCC(C)OC1=C(\C#N)CC=CC/C=C\1. The highest BCUT2D eigenvalue weighted by atomic mass is 16.5. The molecule has 0 saturated carbocycles. The third kappa shape index (κ3) is 3.63. The van der Waals surface area contributed by atoms with E-state index in [1.807, 2.05) is 25.2 Å². The fourth-order valence-electron chi connectivity index (χ4n) is 1.26. The predicted molar refractivity (Wildman–Crippen MR) is 61.0 cm³/mol. The standard InChI is InChI=1S/C13H17NO/c1-3-11(2)15-13-9-7-5-4-6-8-12(13)10-14/h4,6-7,9,11H,3,5,8H2,1-2H3/b6-4?,9-7-,13-12-. The molecule has 1 atom stereocenters. The maximum Gasteiger partial charge on any atom is 0.133 e. The van der Waals surface area contributed by atoms with Gasteiger partial charge in [0.05, 0.1) is 17.7 Å². The van der Waals surface area contributed by atoms with Crippen molar-refractivity contribution in [2.24, 2.45) is 0 Å². The first kappa shape index (κ1) is 11.6. The molecule has 0 spiro atoms. The van der Waals surface area contributed by atoms with E-state index in [-0.39, 0.29) is 6.10 Å². The van der Waals surface area contributed by atoms with E-state index in [4.69, 9.17) is 10.00 Å². The summed E-state index contributed by atoms with van der Waals surface area (Å²) in [6, 6.07) is 2.20. The minimum atomic E-state index is 0.163. The summed E-state index contributed by atoms with van der Waals surface area (Å²) in [5.74, 6) is 0.733. The Morgan fingerprint density at radius 2 is 2.27 bits per heavy atom. The first-order valence-electron chi connectivity index (χ1n) is 5.39. The van der Waals surface area contributed by atoms with Gasteiger partial charge in [0.15, 0.2) is 0 Å². The molecule has 0 aromatic carbocycles. The van der Waals surface area contributed by atoms with Gasteiger partial charge in [-0.05, 0) is 25.8 Å². The summed E-state index contributed by atoms with van der Waals surface area (Å²) in [6.07, 6.45) is 10.7. The van der Waals surface area contributed by atoms with Gasteiger partial charge in [-0.25, -0.2) is 0 Å². The molecule has 0 aromatic heterocycles. The van der Waals surface area contributed by atoms with Crippen molar-refractivity contribution < 1.29 is 4.74 Å². The van der Waals surface area contributed by atoms with E-state index in [1.54, 1.807) is 0 Å². The van der Waals surface area contributed by atoms with Gasteiger partial charge in [0.1, 0.15) is 5.76 Å². The van der Waals surface area contributed by atoms with Gasteiger partial charge in [-0.15, -0.1) is 0 Å². The molecule has 0 N–H and O–H groups in total. The van der Waals surface area contributed by atoms with Crippen LogP contribution in [0.2, 0.25) is 0 Å². The van der Waals surface area contributed by atoms with E-state index in [0.29, 0.717) is 12.0 Å². The average molecular weight is 203 g/mol. The molecule has 0 amide bonds. The van der Waals surface area contributed by atoms with E-state index in [1.165, 1.54) is 0 Å². The highest BCUT2D eigenvalue weighted by Gasteiger charge is 2.08. The highest BCUT2D eigenvalue weighted by Crippen LogP contribution is 2.17. The number of hydrogen-bond donors (Lipinski definition) is 0. The summed E-state index contributed by atoms with van der Waals surface area (Å²) in [7, 11) is 0. The molecular weight excluding hydrogens is 186 g/mol. The topological polar surface area (TPSA) is 33.0 Å². The van der Waals surface area contributed by atoms with Crippen molar-refractivity contribution in [3.63, 3.8) is 0 Å². The van der Waals surface area contributed by atoms with Crippen LogP contribution >= 0.6 is 0 Å². The Kier molecular flexibility index (Phi) is 4.70. The lowest BCUT2D eigenvalue weighted by Crippen LogP contribution is -2.07. The number of allylic oxidation sites excluding steroid dienone is 5. The Labute approximate surface area is 91.6 Å². The molecular formula is C13H17NO. The molecule has 0 aliphatic heterocycles. The predicted octanol–water partition coefficient (Wildman–Crippen LogP) is 3.49. The minimum Gasteiger partial charge on any atom is -0.490 e. The van der Waals surface area contributed by atoms with Crippen LogP contribution < -0.4 is 0 Å². The van der Waals surface area contributed by atoms with Gasteiger partial charge in [0, 0.05) is 6.42 Å². The average Bonchev–Trinajstić information content (AvgIpc) is 2.22. The molecule has 0 fully saturated rings. The number of rotatable bonds is 3. The van der Waals surface area contributed by atoms with E-state index in [9.17, 15) is 0 Å². The van der Waals surface area contributed by atoms with Crippen molar-refractivity contribution in [3.8, 4) is 6.07 Å². The molecule has 2 nitrogen and oxygen atoms in total. The van der Waals surface area contributed by atoms with Crippen molar-refractivity contribution in [2.75, 3.05) is 0 Å². The number of ether oxygens (including phenoxy) is 1. The maximum atomic E-state index is 9.01. The van der Waals surface area contributed by atoms with Crippen molar-refractivity contribution in [3.05, 3.63) is 35.6 Å². The molecule has 0 heterocycles. The molecule has 0 aromatic rings. The van der Waals surface area contributed by atoms with E-state index >= 15 is 0 Å². The van der Waals surface area contributed by atoms with Crippen LogP contribution in [0.1, 0.15) is 33.1 Å². The molecule has 1 rings (SSSR count). The van der Waals surface area contributed by atoms with Gasteiger partial charge >= 0.3 is 0 Å². The van der Waals surface area contributed by atoms with Crippen LogP contribution in [0.15, 0.2) is 35.6 Å². The quantitative estimate of drug-likeness (QED) is 0.658. The smallest absolute Gasteiger partial charge is 0.133 e. The Hall–Kier alpha value is -1.49. The van der Waals surface area contributed by atoms with Gasteiger partial charge < -0.3 is 4.74 Å². The van der Waals surface area contributed by atoms with E-state index < -0.39 is 0 Å². The van der Waals surface area contributed by atoms with Crippen molar-refractivity contribution >= 4 is 0 Å². The molecule has 0 saturated heterocycles. The van der Waals surface area contributed by atoms with Crippen LogP contribution in [0.4, 0.5) is 0 Å². The van der Waals surface area contributed by atoms with Crippen molar-refractivity contribution in [2.45, 2.75) is 39.2 Å². The zero-order chi connectivity index (χ0) is 11.1. The molecule has 1 aliphatic rings. The van der Waals surface area contributed by atoms with Gasteiger partial charge in [-0.3, -0.25) is 0 Å². The van der Waals surface area contributed by atoms with Crippen molar-refractivity contribution in [1.82, 2.24) is 0 Å². The third-order valence-corrected chi connectivity index (χ3v) is 2.37. The van der Waals surface area contributed by atoms with Crippen LogP contribution in [0.3, 0.4) is 0 Å². The van der Waals surface area contributed by atoms with Crippen molar-refractivity contribution in [1.29, 1.82) is 5.26 Å². The number of hydrogen-bond acceptors (Lipinski definition) is 2. The minimum absolute atomic E-state index is 0.163. The molecule has 15 heavy (non-hydrogen) atoms. The fraction of sp³-hybridized carbons (Fsp3) is 0.462. The van der Waals surface area contributed by atoms with Crippen LogP contribution in [0.25, 0.3) is 0 Å². The van der Waals surface area contributed by atoms with Crippen LogP contribution in [-0.2, 0) is 4.74 Å². The van der Waals surface area contributed by atoms with Crippen LogP contribution in [-0.4, -0.2) is 6.10 Å². The Morgan fingerprint density at radius 3 is 2.93 bits per heavy atom. The summed E-state index contributed by atoms with van der Waals surface area (Å²) in [5.41, 5.74) is 0.711. The monoisotopic (exact) mass is 203 g/mol. The second-order valence-electron chi connectivity index (χ2n) is 3.60. The first-order valence-corrected chi connectivity index (χ1v) is 5.39. The summed E-state index contributed by atoms with van der Waals surface area (Å²) in [4.78, 5) is 0. The van der Waals surface area contributed by atoms with Crippen LogP contribution in [0.5, 0.6) is 0 Å². The highest BCUT2D eigenvalue weighted by molar-refractivity contribution is 5.34. The Balaban J connectivity index is 2.86. The lowest BCUT2D eigenvalue weighted by molar-refractivity contribution is 0.136. The summed E-state index contributed by atoms with van der Waals surface area (Å²) >= 11 is 0. The number of nitrogens with zero attached hydrogens (tertiary/aromatic N) is 1. The number of nitriles is 1. The van der Waals surface area contributed by atoms with Gasteiger partial charge in [-0.2, -0.15) is 5.26 Å². The molecule has 80 valence electrons. The summed E-state index contributed by atoms with van der Waals surface area (Å²) in [6.45, 7) is 4.09. The largest absolute Gasteiger partial charge is 0.490 e. The second kappa shape index (κ2) is 6.08. The maximum absolute atomic E-state index is 9.01. The van der Waals surface area contributed by atoms with Gasteiger partial charge in [0.25, 0.3) is 0 Å². The normalized spacial score (nSPS) is 24.9. The Morgan fingerprint density at radius 1 is 1.47 bits per heavy atom. The van der Waals surface area contributed by atoms with Crippen LogP contribution in [0, 0.1) is 11.3 Å². The summed E-state index contributed by atoms with van der Waals surface area (Å²) < 4.78 is 5.72. The fourth-order valence-corrected chi connectivity index (χ4v) is 1.26. The van der Waals surface area contributed by atoms with E-state index in [0.717, 1.165) is 18.6 Å². The first-order chi connectivity index (χ1) is 7.27. The molecule has 1 unspecified atom stereocenters. The van der Waals surface area contributed by atoms with Gasteiger partial charge in [-0.1, -0.05) is 25.2 Å². The zero-order valence-electron chi connectivity index (χ0n) is 9.36.